The summed E-state index contributed by atoms with van der Waals surface area (Å²) < 4.78 is 0. The number of benzene rings is 2. The van der Waals surface area contributed by atoms with Gasteiger partial charge in [-0.3, -0.25) is 4.79 Å². The van der Waals surface area contributed by atoms with Crippen LogP contribution in [-0.2, 0) is 4.79 Å². The first-order valence-corrected chi connectivity index (χ1v) is 8.22. The van der Waals surface area contributed by atoms with Gasteiger partial charge in [-0.1, -0.05) is 36.4 Å². The van der Waals surface area contributed by atoms with Crippen LogP contribution in [0.3, 0.4) is 0 Å². The lowest BCUT2D eigenvalue weighted by Gasteiger charge is -2.26. The molecular formula is C20H18N4O. The number of amides is 1. The Morgan fingerprint density at radius 1 is 1.20 bits per heavy atom. The molecule has 1 saturated heterocycles. The van der Waals surface area contributed by atoms with Crippen molar-refractivity contribution in [2.75, 3.05) is 13.1 Å². The molecule has 0 bridgehead atoms. The van der Waals surface area contributed by atoms with Gasteiger partial charge in [0.2, 0.25) is 5.91 Å². The van der Waals surface area contributed by atoms with E-state index in [0.29, 0.717) is 12.1 Å². The number of nitrogens with zero attached hydrogens (tertiary/aromatic N) is 2. The SMILES string of the molecule is N#Cc1cccc(-c2ccc([C@@H](C#N)CNC(=O)[C@@H]3CCN3)cc2)c1. The van der Waals surface area contributed by atoms with Crippen molar-refractivity contribution < 1.29 is 4.79 Å². The van der Waals surface area contributed by atoms with E-state index >= 15 is 0 Å². The molecule has 1 heterocycles. The van der Waals surface area contributed by atoms with Crippen molar-refractivity contribution in [1.82, 2.24) is 10.6 Å². The highest BCUT2D eigenvalue weighted by atomic mass is 16.2. The summed E-state index contributed by atoms with van der Waals surface area (Å²) in [6.45, 7) is 1.17. The quantitative estimate of drug-likeness (QED) is 0.880. The first-order chi connectivity index (χ1) is 12.2. The Labute approximate surface area is 146 Å². The topological polar surface area (TPSA) is 88.7 Å². The van der Waals surface area contributed by atoms with E-state index in [1.54, 1.807) is 6.07 Å². The maximum absolute atomic E-state index is 11.9. The molecule has 0 unspecified atom stereocenters. The molecule has 2 aromatic carbocycles. The maximum Gasteiger partial charge on any atom is 0.237 e. The van der Waals surface area contributed by atoms with Crippen molar-refractivity contribution in [2.24, 2.45) is 0 Å². The highest BCUT2D eigenvalue weighted by Gasteiger charge is 2.24. The van der Waals surface area contributed by atoms with Crippen LogP contribution in [0, 0.1) is 22.7 Å². The molecule has 1 fully saturated rings. The van der Waals surface area contributed by atoms with Gasteiger partial charge in [-0.25, -0.2) is 0 Å². The Bertz CT molecular complexity index is 841. The largest absolute Gasteiger partial charge is 0.353 e. The van der Waals surface area contributed by atoms with Crippen LogP contribution in [0.4, 0.5) is 0 Å². The number of carbonyl (C=O) groups excluding carboxylic acids is 1. The fourth-order valence-corrected chi connectivity index (χ4v) is 2.75. The van der Waals surface area contributed by atoms with Crippen LogP contribution in [0.1, 0.15) is 23.5 Å². The number of hydrogen-bond acceptors (Lipinski definition) is 4. The van der Waals surface area contributed by atoms with Crippen molar-refractivity contribution in [3.63, 3.8) is 0 Å². The Balaban J connectivity index is 1.68. The lowest BCUT2D eigenvalue weighted by Crippen LogP contribution is -2.53. The second-order valence-corrected chi connectivity index (χ2v) is 6.04. The minimum absolute atomic E-state index is 0.0450. The predicted octanol–water partition coefficient (Wildman–Crippen LogP) is 2.31. The summed E-state index contributed by atoms with van der Waals surface area (Å²) in [6, 6.07) is 19.3. The van der Waals surface area contributed by atoms with E-state index in [2.05, 4.69) is 22.8 Å². The highest BCUT2D eigenvalue weighted by molar-refractivity contribution is 5.82. The summed E-state index contributed by atoms with van der Waals surface area (Å²) >= 11 is 0. The molecule has 2 atom stereocenters. The second kappa shape index (κ2) is 7.61. The molecule has 1 aliphatic rings. The zero-order valence-corrected chi connectivity index (χ0v) is 13.7. The van der Waals surface area contributed by atoms with Gasteiger partial charge in [0.1, 0.15) is 0 Å². The molecule has 0 saturated carbocycles. The van der Waals surface area contributed by atoms with Crippen LogP contribution < -0.4 is 10.6 Å². The van der Waals surface area contributed by atoms with Gasteiger partial charge < -0.3 is 10.6 Å². The van der Waals surface area contributed by atoms with Gasteiger partial charge in [-0.15, -0.1) is 0 Å². The molecule has 2 N–H and O–H groups in total. The minimum Gasteiger partial charge on any atom is -0.353 e. The fourth-order valence-electron chi connectivity index (χ4n) is 2.75. The Morgan fingerprint density at radius 3 is 2.56 bits per heavy atom. The molecule has 3 rings (SSSR count). The van der Waals surface area contributed by atoms with Crippen LogP contribution in [0.2, 0.25) is 0 Å². The summed E-state index contributed by atoms with van der Waals surface area (Å²) in [5.74, 6) is -0.431. The highest BCUT2D eigenvalue weighted by Crippen LogP contribution is 2.23. The van der Waals surface area contributed by atoms with Gasteiger partial charge in [0.15, 0.2) is 0 Å². The number of nitriles is 2. The summed E-state index contributed by atoms with van der Waals surface area (Å²) in [7, 11) is 0. The first-order valence-electron chi connectivity index (χ1n) is 8.22. The molecule has 25 heavy (non-hydrogen) atoms. The van der Waals surface area contributed by atoms with Crippen LogP contribution in [0.5, 0.6) is 0 Å². The normalized spacial score (nSPS) is 16.8. The number of hydrogen-bond donors (Lipinski definition) is 2. The van der Waals surface area contributed by atoms with Crippen LogP contribution in [0.15, 0.2) is 48.5 Å². The number of carbonyl (C=O) groups is 1. The molecule has 0 spiro atoms. The van der Waals surface area contributed by atoms with Gasteiger partial charge in [-0.2, -0.15) is 10.5 Å². The smallest absolute Gasteiger partial charge is 0.237 e. The Hall–Kier alpha value is -3.15. The predicted molar refractivity (Wildman–Crippen MR) is 94.4 cm³/mol. The molecular weight excluding hydrogens is 312 g/mol. The first kappa shape index (κ1) is 16.7. The third-order valence-corrected chi connectivity index (χ3v) is 4.41. The molecule has 0 aliphatic carbocycles. The summed E-state index contributed by atoms with van der Waals surface area (Å²) in [5.41, 5.74) is 3.43. The van der Waals surface area contributed by atoms with Crippen LogP contribution in [0.25, 0.3) is 11.1 Å². The zero-order chi connectivity index (χ0) is 17.6. The Kier molecular flexibility index (Phi) is 5.09. The molecule has 2 aromatic rings. The van der Waals surface area contributed by atoms with E-state index in [1.807, 2.05) is 42.5 Å². The molecule has 0 radical (unpaired) electrons. The van der Waals surface area contributed by atoms with Gasteiger partial charge in [-0.05, 0) is 41.8 Å². The van der Waals surface area contributed by atoms with E-state index in [4.69, 9.17) is 5.26 Å². The summed E-state index contributed by atoms with van der Waals surface area (Å²) in [5, 5.41) is 24.3. The van der Waals surface area contributed by atoms with Crippen molar-refractivity contribution in [3.8, 4) is 23.3 Å². The lowest BCUT2D eigenvalue weighted by molar-refractivity contribution is -0.124. The Morgan fingerprint density at radius 2 is 1.96 bits per heavy atom. The van der Waals surface area contributed by atoms with Crippen molar-refractivity contribution in [2.45, 2.75) is 18.4 Å². The van der Waals surface area contributed by atoms with Gasteiger partial charge in [0.05, 0.1) is 29.7 Å². The molecule has 124 valence electrons. The van der Waals surface area contributed by atoms with E-state index < -0.39 is 0 Å². The molecule has 5 heteroatoms. The van der Waals surface area contributed by atoms with E-state index in [-0.39, 0.29) is 17.9 Å². The number of rotatable bonds is 5. The van der Waals surface area contributed by atoms with Gasteiger partial charge in [0, 0.05) is 6.54 Å². The average molecular weight is 330 g/mol. The van der Waals surface area contributed by atoms with Gasteiger partial charge >= 0.3 is 0 Å². The van der Waals surface area contributed by atoms with Crippen LogP contribution in [-0.4, -0.2) is 25.0 Å². The third-order valence-electron chi connectivity index (χ3n) is 4.41. The average Bonchev–Trinajstić information content (AvgIpc) is 2.61. The maximum atomic E-state index is 11.9. The van der Waals surface area contributed by atoms with Crippen molar-refractivity contribution in [3.05, 3.63) is 59.7 Å². The summed E-state index contributed by atoms with van der Waals surface area (Å²) in [4.78, 5) is 11.9. The van der Waals surface area contributed by atoms with Crippen LogP contribution >= 0.6 is 0 Å². The molecule has 0 aromatic heterocycles. The van der Waals surface area contributed by atoms with E-state index in [9.17, 15) is 10.1 Å². The minimum atomic E-state index is -0.386. The molecule has 1 aliphatic heterocycles. The second-order valence-electron chi connectivity index (χ2n) is 6.04. The molecule has 5 nitrogen and oxygen atoms in total. The van der Waals surface area contributed by atoms with Gasteiger partial charge in [0.25, 0.3) is 0 Å². The van der Waals surface area contributed by atoms with E-state index in [1.165, 1.54) is 0 Å². The third kappa shape index (κ3) is 3.85. The zero-order valence-electron chi connectivity index (χ0n) is 13.7. The monoisotopic (exact) mass is 330 g/mol. The standard InChI is InChI=1S/C20H18N4O/c21-11-14-2-1-3-17(10-14)15-4-6-16(7-5-15)18(12-22)13-24-20(25)19-8-9-23-19/h1-7,10,18-19,23H,8-9,13H2,(H,24,25)/t18-,19-/m0/s1. The lowest BCUT2D eigenvalue weighted by atomic mass is 9.96. The van der Waals surface area contributed by atoms with Crippen molar-refractivity contribution in [1.29, 1.82) is 10.5 Å². The molecule has 1 amide bonds. The fraction of sp³-hybridized carbons (Fsp3) is 0.250. The summed E-state index contributed by atoms with van der Waals surface area (Å²) in [6.07, 6.45) is 0.847. The number of nitrogens with one attached hydrogen (secondary N) is 2. The van der Waals surface area contributed by atoms with Crippen molar-refractivity contribution >= 4 is 5.91 Å². The van der Waals surface area contributed by atoms with E-state index in [0.717, 1.165) is 29.7 Å².